The van der Waals surface area contributed by atoms with Crippen LogP contribution >= 0.6 is 0 Å². The van der Waals surface area contributed by atoms with Crippen LogP contribution in [0.5, 0.6) is 0 Å². The van der Waals surface area contributed by atoms with Gasteiger partial charge in [-0.3, -0.25) is 0 Å². The lowest BCUT2D eigenvalue weighted by atomic mass is 10.2. The summed E-state index contributed by atoms with van der Waals surface area (Å²) in [5.41, 5.74) is 2.45. The number of carbonyl (C=O) groups excluding carboxylic acids is 1. The van der Waals surface area contributed by atoms with Crippen molar-refractivity contribution in [3.8, 4) is 0 Å². The third kappa shape index (κ3) is 3.53. The summed E-state index contributed by atoms with van der Waals surface area (Å²) in [5, 5.41) is 5.44. The zero-order valence-corrected chi connectivity index (χ0v) is 13.4. The minimum absolute atomic E-state index is 0.158. The van der Waals surface area contributed by atoms with Crippen LogP contribution in [0.1, 0.15) is 11.4 Å². The summed E-state index contributed by atoms with van der Waals surface area (Å²) in [5.74, 6) is 0.586. The fourth-order valence-corrected chi connectivity index (χ4v) is 2.64. The number of para-hydroxylation sites is 2. The van der Waals surface area contributed by atoms with Crippen LogP contribution in [0.4, 0.5) is 9.18 Å². The molecule has 0 aliphatic heterocycles. The number of hydrogen-bond acceptors (Lipinski definition) is 2. The smallest absolute Gasteiger partial charge is 0.315 e. The lowest BCUT2D eigenvalue weighted by molar-refractivity contribution is 0.240. The maximum absolute atomic E-state index is 13.5. The summed E-state index contributed by atoms with van der Waals surface area (Å²) in [7, 11) is 0. The molecule has 1 heterocycles. The quantitative estimate of drug-likeness (QED) is 0.757. The molecule has 0 aliphatic carbocycles. The number of imidazole rings is 1. The lowest BCUT2D eigenvalue weighted by Gasteiger charge is -2.10. The van der Waals surface area contributed by atoms with E-state index >= 15 is 0 Å². The maximum Gasteiger partial charge on any atom is 0.315 e. The number of nitrogens with zero attached hydrogens (tertiary/aromatic N) is 2. The molecule has 6 heteroatoms. The Balaban J connectivity index is 1.51. The average Bonchev–Trinajstić information content (AvgIpc) is 2.90. The molecule has 3 aromatic rings. The topological polar surface area (TPSA) is 59.0 Å². The normalized spacial score (nSPS) is 10.8. The number of benzene rings is 2. The minimum atomic E-state index is -0.321. The van der Waals surface area contributed by atoms with E-state index < -0.39 is 0 Å². The molecule has 0 saturated carbocycles. The molecule has 0 atom stereocenters. The molecule has 2 N–H and O–H groups in total. The summed E-state index contributed by atoms with van der Waals surface area (Å²) in [6.07, 6.45) is 0. The SMILES string of the molecule is Cc1nc2ccccc2n1CCNC(=O)NCc1ccccc1F. The van der Waals surface area contributed by atoms with Crippen molar-refractivity contribution in [2.75, 3.05) is 6.54 Å². The summed E-state index contributed by atoms with van der Waals surface area (Å²) in [6.45, 7) is 3.19. The van der Waals surface area contributed by atoms with Crippen LogP contribution in [0.25, 0.3) is 11.0 Å². The second-order valence-electron chi connectivity index (χ2n) is 5.50. The molecule has 0 radical (unpaired) electrons. The summed E-state index contributed by atoms with van der Waals surface area (Å²) < 4.78 is 15.6. The molecular weight excluding hydrogens is 307 g/mol. The van der Waals surface area contributed by atoms with Crippen molar-refractivity contribution in [2.45, 2.75) is 20.0 Å². The van der Waals surface area contributed by atoms with Crippen molar-refractivity contribution in [2.24, 2.45) is 0 Å². The van der Waals surface area contributed by atoms with Gasteiger partial charge in [0.1, 0.15) is 11.6 Å². The van der Waals surface area contributed by atoms with Crippen LogP contribution in [0.15, 0.2) is 48.5 Å². The highest BCUT2D eigenvalue weighted by molar-refractivity contribution is 5.76. The highest BCUT2D eigenvalue weighted by Gasteiger charge is 2.07. The molecular formula is C18H19FN4O. The van der Waals surface area contributed by atoms with Gasteiger partial charge in [-0.2, -0.15) is 0 Å². The largest absolute Gasteiger partial charge is 0.336 e. The Bertz CT molecular complexity index is 859. The summed E-state index contributed by atoms with van der Waals surface area (Å²) in [6, 6.07) is 14.0. The monoisotopic (exact) mass is 326 g/mol. The van der Waals surface area contributed by atoms with E-state index in [0.29, 0.717) is 18.7 Å². The first kappa shape index (κ1) is 16.0. The maximum atomic E-state index is 13.5. The van der Waals surface area contributed by atoms with Gasteiger partial charge >= 0.3 is 6.03 Å². The Hall–Kier alpha value is -2.89. The highest BCUT2D eigenvalue weighted by Crippen LogP contribution is 2.14. The van der Waals surface area contributed by atoms with Crippen LogP contribution in [0.2, 0.25) is 0 Å². The zero-order chi connectivity index (χ0) is 16.9. The fraction of sp³-hybridized carbons (Fsp3) is 0.222. The van der Waals surface area contributed by atoms with Crippen molar-refractivity contribution >= 4 is 17.1 Å². The van der Waals surface area contributed by atoms with Crippen LogP contribution in [-0.2, 0) is 13.1 Å². The number of aryl methyl sites for hydroxylation is 1. The van der Waals surface area contributed by atoms with Gasteiger partial charge in [-0.15, -0.1) is 0 Å². The van der Waals surface area contributed by atoms with Gasteiger partial charge in [-0.1, -0.05) is 30.3 Å². The fourth-order valence-electron chi connectivity index (χ4n) is 2.64. The molecule has 2 amide bonds. The van der Waals surface area contributed by atoms with Crippen LogP contribution in [0, 0.1) is 12.7 Å². The molecule has 0 saturated heterocycles. The number of fused-ring (bicyclic) bond motifs is 1. The molecule has 3 rings (SSSR count). The van der Waals surface area contributed by atoms with Gasteiger partial charge in [0.15, 0.2) is 0 Å². The van der Waals surface area contributed by atoms with E-state index in [4.69, 9.17) is 0 Å². The number of amides is 2. The Labute approximate surface area is 139 Å². The molecule has 0 fully saturated rings. The first-order chi connectivity index (χ1) is 11.6. The van der Waals surface area contributed by atoms with Crippen molar-refractivity contribution in [1.29, 1.82) is 0 Å². The summed E-state index contributed by atoms with van der Waals surface area (Å²) in [4.78, 5) is 16.3. The van der Waals surface area contributed by atoms with Crippen molar-refractivity contribution in [1.82, 2.24) is 20.2 Å². The van der Waals surface area contributed by atoms with Crippen LogP contribution in [0.3, 0.4) is 0 Å². The van der Waals surface area contributed by atoms with Crippen LogP contribution < -0.4 is 10.6 Å². The zero-order valence-electron chi connectivity index (χ0n) is 13.4. The molecule has 0 aliphatic rings. The van der Waals surface area contributed by atoms with E-state index in [2.05, 4.69) is 20.2 Å². The Morgan fingerprint density at radius 2 is 1.88 bits per heavy atom. The second-order valence-corrected chi connectivity index (χ2v) is 5.50. The Kier molecular flexibility index (Phi) is 4.74. The van der Waals surface area contributed by atoms with E-state index in [1.807, 2.05) is 31.2 Å². The Morgan fingerprint density at radius 1 is 1.12 bits per heavy atom. The van der Waals surface area contributed by atoms with E-state index in [1.54, 1.807) is 18.2 Å². The molecule has 0 spiro atoms. The first-order valence-corrected chi connectivity index (χ1v) is 7.82. The first-order valence-electron chi connectivity index (χ1n) is 7.82. The van der Waals surface area contributed by atoms with E-state index in [1.165, 1.54) is 6.07 Å². The van der Waals surface area contributed by atoms with Gasteiger partial charge in [0.2, 0.25) is 0 Å². The standard InChI is InChI=1S/C18H19FN4O/c1-13-22-16-8-4-5-9-17(16)23(13)11-10-20-18(24)21-12-14-6-2-3-7-15(14)19/h2-9H,10-12H2,1H3,(H2,20,21,24). The number of rotatable bonds is 5. The number of halogens is 1. The third-order valence-electron chi connectivity index (χ3n) is 3.86. The van der Waals surface area contributed by atoms with Gasteiger partial charge in [-0.05, 0) is 25.1 Å². The Morgan fingerprint density at radius 3 is 2.71 bits per heavy atom. The van der Waals surface area contributed by atoms with Gasteiger partial charge in [-0.25, -0.2) is 14.2 Å². The van der Waals surface area contributed by atoms with Gasteiger partial charge in [0.25, 0.3) is 0 Å². The van der Waals surface area contributed by atoms with E-state index in [0.717, 1.165) is 16.9 Å². The predicted octanol–water partition coefficient (Wildman–Crippen LogP) is 2.98. The molecule has 24 heavy (non-hydrogen) atoms. The predicted molar refractivity (Wildman–Crippen MR) is 91.1 cm³/mol. The van der Waals surface area contributed by atoms with Gasteiger partial charge < -0.3 is 15.2 Å². The molecule has 1 aromatic heterocycles. The van der Waals surface area contributed by atoms with E-state index in [-0.39, 0.29) is 18.4 Å². The number of nitrogens with one attached hydrogen (secondary N) is 2. The number of aromatic nitrogens is 2. The van der Waals surface area contributed by atoms with Gasteiger partial charge in [0, 0.05) is 25.2 Å². The summed E-state index contributed by atoms with van der Waals surface area (Å²) >= 11 is 0. The van der Waals surface area contributed by atoms with E-state index in [9.17, 15) is 9.18 Å². The molecule has 0 unspecified atom stereocenters. The number of hydrogen-bond donors (Lipinski definition) is 2. The van der Waals surface area contributed by atoms with Crippen molar-refractivity contribution < 1.29 is 9.18 Å². The molecule has 2 aromatic carbocycles. The molecule has 5 nitrogen and oxygen atoms in total. The minimum Gasteiger partial charge on any atom is -0.336 e. The van der Waals surface area contributed by atoms with Gasteiger partial charge in [0.05, 0.1) is 11.0 Å². The van der Waals surface area contributed by atoms with Crippen molar-refractivity contribution in [3.63, 3.8) is 0 Å². The third-order valence-corrected chi connectivity index (χ3v) is 3.86. The number of carbonyl (C=O) groups is 1. The average molecular weight is 326 g/mol. The van der Waals surface area contributed by atoms with Crippen molar-refractivity contribution in [3.05, 3.63) is 65.7 Å². The molecule has 124 valence electrons. The molecule has 0 bridgehead atoms. The highest BCUT2D eigenvalue weighted by atomic mass is 19.1. The van der Waals surface area contributed by atoms with Crippen LogP contribution in [-0.4, -0.2) is 22.1 Å². The lowest BCUT2D eigenvalue weighted by Crippen LogP contribution is -2.37. The second kappa shape index (κ2) is 7.12. The number of urea groups is 1.